The summed E-state index contributed by atoms with van der Waals surface area (Å²) in [4.78, 5) is 12.1. The van der Waals surface area contributed by atoms with Gasteiger partial charge in [-0.1, -0.05) is 6.07 Å². The van der Waals surface area contributed by atoms with E-state index in [-0.39, 0.29) is 22.7 Å². The maximum absolute atomic E-state index is 13.6. The number of amides is 1. The highest BCUT2D eigenvalue weighted by atomic mass is 19.1. The van der Waals surface area contributed by atoms with Crippen LogP contribution in [0, 0.1) is 5.82 Å². The third-order valence-electron chi connectivity index (χ3n) is 2.73. The number of phenolic OH excluding ortho intramolecular Hbond substituents is 1. The molecule has 0 saturated heterocycles. The van der Waals surface area contributed by atoms with Crippen molar-refractivity contribution in [2.24, 2.45) is 0 Å². The molecule has 2 aromatic carbocycles. The zero-order valence-corrected chi connectivity index (χ0v) is 10.7. The Bertz CT molecular complexity index is 639. The van der Waals surface area contributed by atoms with Gasteiger partial charge in [0.1, 0.15) is 23.0 Å². The Labute approximate surface area is 114 Å². The second kappa shape index (κ2) is 5.48. The lowest BCUT2D eigenvalue weighted by molar-refractivity contribution is 0.102. The van der Waals surface area contributed by atoms with Crippen molar-refractivity contribution < 1.29 is 19.0 Å². The molecule has 0 unspecified atom stereocenters. The number of hydrogen-bond donors (Lipinski definition) is 3. The first-order valence-electron chi connectivity index (χ1n) is 5.75. The summed E-state index contributed by atoms with van der Waals surface area (Å²) in [5.41, 5.74) is 5.54. The highest BCUT2D eigenvalue weighted by Crippen LogP contribution is 2.26. The van der Waals surface area contributed by atoms with Gasteiger partial charge >= 0.3 is 0 Å². The van der Waals surface area contributed by atoms with Crippen LogP contribution in [-0.4, -0.2) is 18.1 Å². The maximum atomic E-state index is 13.6. The second-order valence-electron chi connectivity index (χ2n) is 4.04. The molecule has 0 aliphatic heterocycles. The van der Waals surface area contributed by atoms with E-state index in [4.69, 9.17) is 10.5 Å². The van der Waals surface area contributed by atoms with E-state index in [1.165, 1.54) is 43.5 Å². The summed E-state index contributed by atoms with van der Waals surface area (Å²) in [6.07, 6.45) is 0. The first kappa shape index (κ1) is 13.7. The second-order valence-corrected chi connectivity index (χ2v) is 4.04. The third kappa shape index (κ3) is 2.64. The number of methoxy groups -OCH3 is 1. The molecule has 0 spiro atoms. The fourth-order valence-corrected chi connectivity index (χ4v) is 1.68. The number of carbonyl (C=O) groups is 1. The number of nitrogen functional groups attached to an aromatic ring is 1. The molecule has 5 nitrogen and oxygen atoms in total. The van der Waals surface area contributed by atoms with Crippen LogP contribution in [0.25, 0.3) is 0 Å². The van der Waals surface area contributed by atoms with Crippen molar-refractivity contribution in [3.63, 3.8) is 0 Å². The van der Waals surface area contributed by atoms with Crippen molar-refractivity contribution in [2.75, 3.05) is 18.2 Å². The highest BCUT2D eigenvalue weighted by Gasteiger charge is 2.15. The molecule has 0 fully saturated rings. The van der Waals surface area contributed by atoms with E-state index in [1.807, 2.05) is 0 Å². The number of nitrogens with one attached hydrogen (secondary N) is 1. The summed E-state index contributed by atoms with van der Waals surface area (Å²) in [7, 11) is 1.43. The Balaban J connectivity index is 2.33. The molecular formula is C14H13FN2O3. The number of halogens is 1. The monoisotopic (exact) mass is 276 g/mol. The van der Waals surface area contributed by atoms with Gasteiger partial charge in [0.2, 0.25) is 0 Å². The molecule has 6 heteroatoms. The minimum absolute atomic E-state index is 0.0352. The van der Waals surface area contributed by atoms with Gasteiger partial charge in [0, 0.05) is 0 Å². The molecule has 1 amide bonds. The Hall–Kier alpha value is -2.76. The van der Waals surface area contributed by atoms with Gasteiger partial charge in [-0.2, -0.15) is 0 Å². The van der Waals surface area contributed by atoms with Gasteiger partial charge in [-0.15, -0.1) is 0 Å². The van der Waals surface area contributed by atoms with E-state index >= 15 is 0 Å². The van der Waals surface area contributed by atoms with Crippen molar-refractivity contribution in [1.82, 2.24) is 0 Å². The zero-order chi connectivity index (χ0) is 14.7. The van der Waals surface area contributed by atoms with Crippen LogP contribution < -0.4 is 15.8 Å². The number of ether oxygens (including phenoxy) is 1. The molecule has 0 heterocycles. The Morgan fingerprint density at radius 3 is 2.75 bits per heavy atom. The molecule has 4 N–H and O–H groups in total. The fourth-order valence-electron chi connectivity index (χ4n) is 1.68. The van der Waals surface area contributed by atoms with Crippen LogP contribution in [0.4, 0.5) is 15.8 Å². The number of hydrogen-bond acceptors (Lipinski definition) is 4. The Kier molecular flexibility index (Phi) is 3.74. The van der Waals surface area contributed by atoms with Crippen molar-refractivity contribution in [1.29, 1.82) is 0 Å². The average Bonchev–Trinajstić information content (AvgIpc) is 2.43. The Morgan fingerprint density at radius 1 is 1.35 bits per heavy atom. The molecule has 0 saturated carbocycles. The standard InChI is InChI=1S/C14H13FN2O3/c1-20-8-5-6-12(18)9(7-8)14(19)17-13-10(15)3-2-4-11(13)16/h2-7,18H,16H2,1H3,(H,17,19). The SMILES string of the molecule is COc1ccc(O)c(C(=O)Nc2c(N)cccc2F)c1. The van der Waals surface area contributed by atoms with Crippen molar-refractivity contribution in [2.45, 2.75) is 0 Å². The molecule has 2 aromatic rings. The number of carbonyl (C=O) groups excluding carboxylic acids is 1. The smallest absolute Gasteiger partial charge is 0.259 e. The van der Waals surface area contributed by atoms with Crippen LogP contribution in [0.2, 0.25) is 0 Å². The molecule has 2 rings (SSSR count). The Morgan fingerprint density at radius 2 is 2.10 bits per heavy atom. The molecule has 104 valence electrons. The van der Waals surface area contributed by atoms with Crippen molar-refractivity contribution in [3.8, 4) is 11.5 Å². The number of benzene rings is 2. The van der Waals surface area contributed by atoms with Crippen LogP contribution in [-0.2, 0) is 0 Å². The molecule has 0 aromatic heterocycles. The fraction of sp³-hybridized carbons (Fsp3) is 0.0714. The lowest BCUT2D eigenvalue weighted by Crippen LogP contribution is -2.14. The molecule has 0 atom stereocenters. The van der Waals surface area contributed by atoms with E-state index in [1.54, 1.807) is 0 Å². The zero-order valence-electron chi connectivity index (χ0n) is 10.7. The first-order valence-corrected chi connectivity index (χ1v) is 5.75. The van der Waals surface area contributed by atoms with Gasteiger partial charge < -0.3 is 20.9 Å². The van der Waals surface area contributed by atoms with Gasteiger partial charge in [-0.25, -0.2) is 4.39 Å². The molecular weight excluding hydrogens is 263 g/mol. The predicted octanol–water partition coefficient (Wildman–Crippen LogP) is 2.37. The number of nitrogens with two attached hydrogens (primary N) is 1. The summed E-state index contributed by atoms with van der Waals surface area (Å²) in [5, 5.41) is 12.0. The van der Waals surface area contributed by atoms with Crippen LogP contribution in [0.3, 0.4) is 0 Å². The molecule has 0 aliphatic rings. The summed E-state index contributed by atoms with van der Waals surface area (Å²) in [5.74, 6) is -1.17. The van der Waals surface area contributed by atoms with Gasteiger partial charge in [0.05, 0.1) is 18.4 Å². The number of para-hydroxylation sites is 1. The van der Waals surface area contributed by atoms with Crippen molar-refractivity contribution >= 4 is 17.3 Å². The third-order valence-corrected chi connectivity index (χ3v) is 2.73. The first-order chi connectivity index (χ1) is 9.52. The topological polar surface area (TPSA) is 84.6 Å². The molecule has 0 radical (unpaired) electrons. The van der Waals surface area contributed by atoms with Crippen LogP contribution in [0.15, 0.2) is 36.4 Å². The number of aromatic hydroxyl groups is 1. The van der Waals surface area contributed by atoms with Gasteiger partial charge in [-0.05, 0) is 30.3 Å². The summed E-state index contributed by atoms with van der Waals surface area (Å²) < 4.78 is 18.6. The van der Waals surface area contributed by atoms with Crippen LogP contribution in [0.1, 0.15) is 10.4 Å². The molecule has 0 aliphatic carbocycles. The summed E-state index contributed by atoms with van der Waals surface area (Å²) in [6.45, 7) is 0. The molecule has 20 heavy (non-hydrogen) atoms. The quantitative estimate of drug-likeness (QED) is 0.751. The van der Waals surface area contributed by atoms with Gasteiger partial charge in [0.15, 0.2) is 0 Å². The largest absolute Gasteiger partial charge is 0.507 e. The summed E-state index contributed by atoms with van der Waals surface area (Å²) >= 11 is 0. The highest BCUT2D eigenvalue weighted by molar-refractivity contribution is 6.07. The molecule has 0 bridgehead atoms. The lowest BCUT2D eigenvalue weighted by atomic mass is 10.1. The minimum Gasteiger partial charge on any atom is -0.507 e. The van der Waals surface area contributed by atoms with E-state index in [9.17, 15) is 14.3 Å². The number of rotatable bonds is 3. The van der Waals surface area contributed by atoms with Crippen LogP contribution in [0.5, 0.6) is 11.5 Å². The predicted molar refractivity (Wildman–Crippen MR) is 73.4 cm³/mol. The summed E-state index contributed by atoms with van der Waals surface area (Å²) in [6, 6.07) is 8.24. The van der Waals surface area contributed by atoms with E-state index in [0.29, 0.717) is 5.75 Å². The average molecular weight is 276 g/mol. The van der Waals surface area contributed by atoms with E-state index in [2.05, 4.69) is 5.32 Å². The van der Waals surface area contributed by atoms with Gasteiger partial charge in [0.25, 0.3) is 5.91 Å². The lowest BCUT2D eigenvalue weighted by Gasteiger charge is -2.11. The van der Waals surface area contributed by atoms with Crippen molar-refractivity contribution in [3.05, 3.63) is 47.8 Å². The number of phenols is 1. The van der Waals surface area contributed by atoms with Crippen LogP contribution >= 0.6 is 0 Å². The van der Waals surface area contributed by atoms with Gasteiger partial charge in [-0.3, -0.25) is 4.79 Å². The van der Waals surface area contributed by atoms with E-state index < -0.39 is 11.7 Å². The van der Waals surface area contributed by atoms with E-state index in [0.717, 1.165) is 0 Å². The normalized spacial score (nSPS) is 10.1. The number of anilines is 2. The maximum Gasteiger partial charge on any atom is 0.259 e. The minimum atomic E-state index is -0.682.